The third kappa shape index (κ3) is 6.20. The summed E-state index contributed by atoms with van der Waals surface area (Å²) in [6, 6.07) is 20.0. The van der Waals surface area contributed by atoms with Crippen LogP contribution in [0.25, 0.3) is 0 Å². The van der Waals surface area contributed by atoms with Gasteiger partial charge in [0.05, 0.1) is 18.4 Å². The minimum atomic E-state index is -0.733. The number of rotatable bonds is 8. The predicted molar refractivity (Wildman–Crippen MR) is 129 cm³/mol. The van der Waals surface area contributed by atoms with Crippen LogP contribution in [-0.4, -0.2) is 30.9 Å². The smallest absolute Gasteiger partial charge is 0.255 e. The highest BCUT2D eigenvalue weighted by molar-refractivity contribution is 6.10. The van der Waals surface area contributed by atoms with Crippen molar-refractivity contribution in [2.75, 3.05) is 17.7 Å². The van der Waals surface area contributed by atoms with Gasteiger partial charge in [-0.05, 0) is 67.4 Å². The van der Waals surface area contributed by atoms with E-state index in [2.05, 4.69) is 16.0 Å². The zero-order chi connectivity index (χ0) is 23.8. The van der Waals surface area contributed by atoms with Gasteiger partial charge in [0.1, 0.15) is 11.8 Å². The van der Waals surface area contributed by atoms with Gasteiger partial charge in [0, 0.05) is 11.3 Å². The van der Waals surface area contributed by atoms with E-state index < -0.39 is 11.9 Å². The van der Waals surface area contributed by atoms with Crippen molar-refractivity contribution in [3.63, 3.8) is 0 Å². The van der Waals surface area contributed by atoms with Crippen LogP contribution < -0.4 is 20.7 Å². The lowest BCUT2D eigenvalue weighted by atomic mass is 10.1. The molecule has 0 radical (unpaired) electrons. The molecule has 3 N–H and O–H groups in total. The van der Waals surface area contributed by atoms with Gasteiger partial charge in [0.15, 0.2) is 0 Å². The van der Waals surface area contributed by atoms with Crippen molar-refractivity contribution in [3.8, 4) is 5.75 Å². The van der Waals surface area contributed by atoms with Crippen LogP contribution in [0.5, 0.6) is 5.75 Å². The molecule has 33 heavy (non-hydrogen) atoms. The van der Waals surface area contributed by atoms with Gasteiger partial charge >= 0.3 is 0 Å². The fraction of sp³-hybridized carbons (Fsp3) is 0.192. The zero-order valence-electron chi connectivity index (χ0n) is 18.8. The molecule has 1 atom stereocenters. The van der Waals surface area contributed by atoms with Gasteiger partial charge in [-0.3, -0.25) is 14.4 Å². The molecule has 0 fully saturated rings. The molecule has 3 rings (SSSR count). The quantitative estimate of drug-likeness (QED) is 0.479. The Kier molecular flexibility index (Phi) is 7.81. The highest BCUT2D eigenvalue weighted by Gasteiger charge is 2.22. The number of methoxy groups -OCH3 is 1. The molecule has 0 aliphatic heterocycles. The molecule has 3 aromatic rings. The van der Waals surface area contributed by atoms with E-state index in [-0.39, 0.29) is 17.4 Å². The van der Waals surface area contributed by atoms with E-state index in [1.54, 1.807) is 61.7 Å². The van der Waals surface area contributed by atoms with Crippen molar-refractivity contribution in [2.24, 2.45) is 0 Å². The number of anilines is 2. The van der Waals surface area contributed by atoms with Gasteiger partial charge < -0.3 is 20.7 Å². The third-order valence-electron chi connectivity index (χ3n) is 5.09. The molecule has 0 spiro atoms. The lowest BCUT2D eigenvalue weighted by Gasteiger charge is -2.18. The number of hydrogen-bond acceptors (Lipinski definition) is 4. The molecule has 3 amide bonds. The highest BCUT2D eigenvalue weighted by Crippen LogP contribution is 2.18. The first-order chi connectivity index (χ1) is 15.9. The first kappa shape index (κ1) is 23.5. The maximum Gasteiger partial charge on any atom is 0.255 e. The molecule has 3 aromatic carbocycles. The lowest BCUT2D eigenvalue weighted by Crippen LogP contribution is -2.43. The third-order valence-corrected chi connectivity index (χ3v) is 5.09. The Hall–Kier alpha value is -4.13. The van der Waals surface area contributed by atoms with Crippen LogP contribution in [0.15, 0.2) is 72.8 Å². The van der Waals surface area contributed by atoms with E-state index in [9.17, 15) is 14.4 Å². The fourth-order valence-electron chi connectivity index (χ4n) is 3.27. The van der Waals surface area contributed by atoms with E-state index in [0.717, 1.165) is 5.56 Å². The number of benzene rings is 3. The molecule has 0 unspecified atom stereocenters. The van der Waals surface area contributed by atoms with Gasteiger partial charge in [-0.2, -0.15) is 0 Å². The van der Waals surface area contributed by atoms with E-state index in [1.165, 1.54) is 0 Å². The van der Waals surface area contributed by atoms with Gasteiger partial charge in [-0.25, -0.2) is 0 Å². The summed E-state index contributed by atoms with van der Waals surface area (Å²) in [6.07, 6.45) is 0.407. The number of aryl methyl sites for hydroxylation is 1. The van der Waals surface area contributed by atoms with Crippen LogP contribution in [0, 0.1) is 6.92 Å². The van der Waals surface area contributed by atoms with Crippen LogP contribution in [0.3, 0.4) is 0 Å². The Balaban J connectivity index is 1.71. The van der Waals surface area contributed by atoms with Crippen LogP contribution in [-0.2, 0) is 4.79 Å². The monoisotopic (exact) mass is 445 g/mol. The molecule has 0 heterocycles. The van der Waals surface area contributed by atoms with Crippen molar-refractivity contribution in [3.05, 3.63) is 89.5 Å². The molecular formula is C26H27N3O4. The number of carbonyl (C=O) groups excluding carboxylic acids is 3. The van der Waals surface area contributed by atoms with E-state index in [1.807, 2.05) is 32.0 Å². The number of ether oxygens (including phenoxy) is 1. The van der Waals surface area contributed by atoms with Gasteiger partial charge in [-0.15, -0.1) is 0 Å². The minimum Gasteiger partial charge on any atom is -0.497 e. The number of hydrogen-bond donors (Lipinski definition) is 3. The van der Waals surface area contributed by atoms with Crippen LogP contribution >= 0.6 is 0 Å². The van der Waals surface area contributed by atoms with Crippen LogP contribution in [0.4, 0.5) is 11.4 Å². The summed E-state index contributed by atoms with van der Waals surface area (Å²) in [5, 5.41) is 8.37. The molecule has 0 aliphatic rings. The molecule has 0 aromatic heterocycles. The van der Waals surface area contributed by atoms with Gasteiger partial charge in [0.2, 0.25) is 5.91 Å². The standard InChI is InChI=1S/C26H27N3O4/c1-4-22(26(32)27-19-9-7-8-17(2)16-19)28-25(31)21-10-5-6-11-23(21)29-24(30)18-12-14-20(33-3)15-13-18/h5-16,22H,4H2,1-3H3,(H,27,32)(H,28,31)(H,29,30)/t22-/m0/s1. The second-order valence-electron chi connectivity index (χ2n) is 7.52. The molecule has 7 heteroatoms. The summed E-state index contributed by atoms with van der Waals surface area (Å²) >= 11 is 0. The number of amides is 3. The second kappa shape index (κ2) is 10.9. The summed E-state index contributed by atoms with van der Waals surface area (Å²) in [6.45, 7) is 3.75. The minimum absolute atomic E-state index is 0.265. The topological polar surface area (TPSA) is 96.5 Å². The maximum absolute atomic E-state index is 13.0. The molecule has 170 valence electrons. The number of carbonyl (C=O) groups is 3. The molecule has 0 aliphatic carbocycles. The maximum atomic E-state index is 13.0. The number of nitrogens with one attached hydrogen (secondary N) is 3. The molecular weight excluding hydrogens is 418 g/mol. The van der Waals surface area contributed by atoms with Crippen molar-refractivity contribution >= 4 is 29.1 Å². The average molecular weight is 446 g/mol. The largest absolute Gasteiger partial charge is 0.497 e. The van der Waals surface area contributed by atoms with E-state index in [0.29, 0.717) is 29.1 Å². The SMILES string of the molecule is CC[C@H](NC(=O)c1ccccc1NC(=O)c1ccc(OC)cc1)C(=O)Nc1cccc(C)c1. The van der Waals surface area contributed by atoms with Crippen molar-refractivity contribution in [2.45, 2.75) is 26.3 Å². The average Bonchev–Trinajstić information content (AvgIpc) is 2.82. The van der Waals surface area contributed by atoms with Gasteiger partial charge in [0.25, 0.3) is 11.8 Å². The molecule has 0 bridgehead atoms. The number of para-hydroxylation sites is 1. The Morgan fingerprint density at radius 2 is 1.61 bits per heavy atom. The summed E-state index contributed by atoms with van der Waals surface area (Å²) < 4.78 is 5.11. The molecule has 0 saturated heterocycles. The lowest BCUT2D eigenvalue weighted by molar-refractivity contribution is -0.118. The van der Waals surface area contributed by atoms with Crippen LogP contribution in [0.2, 0.25) is 0 Å². The van der Waals surface area contributed by atoms with Crippen molar-refractivity contribution < 1.29 is 19.1 Å². The van der Waals surface area contributed by atoms with Crippen molar-refractivity contribution in [1.82, 2.24) is 5.32 Å². The van der Waals surface area contributed by atoms with E-state index in [4.69, 9.17) is 4.74 Å². The Labute approximate surface area is 193 Å². The Morgan fingerprint density at radius 3 is 2.27 bits per heavy atom. The van der Waals surface area contributed by atoms with Crippen LogP contribution in [0.1, 0.15) is 39.6 Å². The summed E-state index contributed by atoms with van der Waals surface area (Å²) in [7, 11) is 1.55. The first-order valence-corrected chi connectivity index (χ1v) is 10.6. The fourth-order valence-corrected chi connectivity index (χ4v) is 3.27. The van der Waals surface area contributed by atoms with Gasteiger partial charge in [-0.1, -0.05) is 31.2 Å². The summed E-state index contributed by atoms with van der Waals surface area (Å²) in [4.78, 5) is 38.4. The van der Waals surface area contributed by atoms with Crippen molar-refractivity contribution in [1.29, 1.82) is 0 Å². The first-order valence-electron chi connectivity index (χ1n) is 10.6. The summed E-state index contributed by atoms with van der Waals surface area (Å²) in [5.74, 6) is -0.480. The zero-order valence-corrected chi connectivity index (χ0v) is 18.8. The summed E-state index contributed by atoms with van der Waals surface area (Å²) in [5.41, 5.74) is 2.73. The Morgan fingerprint density at radius 1 is 0.879 bits per heavy atom. The molecule has 0 saturated carbocycles. The van der Waals surface area contributed by atoms with E-state index >= 15 is 0 Å². The normalized spacial score (nSPS) is 11.2. The second-order valence-corrected chi connectivity index (χ2v) is 7.52. The predicted octanol–water partition coefficient (Wildman–Crippen LogP) is 4.40. The highest BCUT2D eigenvalue weighted by atomic mass is 16.5. The molecule has 7 nitrogen and oxygen atoms in total. The Bertz CT molecular complexity index is 1140.